The minimum atomic E-state index is -0.641. The van der Waals surface area contributed by atoms with Crippen LogP contribution in [0.3, 0.4) is 0 Å². The summed E-state index contributed by atoms with van der Waals surface area (Å²) in [4.78, 5) is 8.18. The standard InChI is InChI=1S/C77H70BN3/c1-73(2,3)54-39-36-52(37-40-54)60-30-18-19-33-64(60)80-67-35-23-32-62-71(67)78-70-61(77(62,56-26-14-10-15-27-56)57-28-16-11-17-29-57)31-22-34-66(70)79(58-43-41-55(42-44-58)74(4,5)6)68-49-59(50-69(80)72(68)78)81-65-45-38-53(51-24-12-9-13-25-51)48-63(65)75(7)46-20-21-47-76(75,81)8/h9-19,22-45,48-50H,20-21,46-47H2,1-8H3. The molecule has 4 aliphatic heterocycles. The Morgan fingerprint density at radius 1 is 0.370 bits per heavy atom. The molecule has 1 aliphatic carbocycles. The van der Waals surface area contributed by atoms with Crippen LogP contribution >= 0.6 is 0 Å². The van der Waals surface area contributed by atoms with Crippen molar-refractivity contribution in [2.75, 3.05) is 14.7 Å². The van der Waals surface area contributed by atoms with Crippen LogP contribution in [0, 0.1) is 0 Å². The van der Waals surface area contributed by atoms with Crippen LogP contribution in [0.1, 0.15) is 120 Å². The van der Waals surface area contributed by atoms with Crippen molar-refractivity contribution in [3.8, 4) is 22.3 Å². The summed E-state index contributed by atoms with van der Waals surface area (Å²) in [6.45, 7) is 19.0. The van der Waals surface area contributed by atoms with E-state index >= 15 is 0 Å². The maximum absolute atomic E-state index is 2.82. The second kappa shape index (κ2) is 17.8. The van der Waals surface area contributed by atoms with E-state index in [2.05, 4.69) is 301 Å². The summed E-state index contributed by atoms with van der Waals surface area (Å²) in [6, 6.07) is 89.1. The number of hydrogen-bond donors (Lipinski definition) is 0. The summed E-state index contributed by atoms with van der Waals surface area (Å²) in [5.74, 6) is 0. The zero-order chi connectivity index (χ0) is 55.2. The molecular weight excluding hydrogens is 978 g/mol. The molecule has 15 rings (SSSR count). The van der Waals surface area contributed by atoms with E-state index in [1.807, 2.05) is 0 Å². The van der Waals surface area contributed by atoms with Crippen LogP contribution in [-0.4, -0.2) is 12.3 Å². The van der Waals surface area contributed by atoms with Gasteiger partial charge in [-0.1, -0.05) is 237 Å². The number of benzene rings is 10. The van der Waals surface area contributed by atoms with Crippen molar-refractivity contribution < 1.29 is 0 Å². The second-order valence-corrected chi connectivity index (χ2v) is 26.3. The van der Waals surface area contributed by atoms with Crippen LogP contribution in [0.5, 0.6) is 0 Å². The number of nitrogens with zero attached hydrogens (tertiary/aromatic N) is 3. The van der Waals surface area contributed by atoms with Gasteiger partial charge < -0.3 is 14.7 Å². The lowest BCUT2D eigenvalue weighted by atomic mass is 9.28. The highest BCUT2D eigenvalue weighted by Crippen LogP contribution is 2.63. The zero-order valence-corrected chi connectivity index (χ0v) is 48.2. The van der Waals surface area contributed by atoms with E-state index in [0.717, 1.165) is 18.5 Å². The van der Waals surface area contributed by atoms with Gasteiger partial charge in [0.2, 0.25) is 0 Å². The van der Waals surface area contributed by atoms with Gasteiger partial charge in [-0.3, -0.25) is 0 Å². The fourth-order valence-electron chi connectivity index (χ4n) is 15.8. The average molecular weight is 1050 g/mol. The molecule has 2 unspecified atom stereocenters. The summed E-state index contributed by atoms with van der Waals surface area (Å²) in [5.41, 5.74) is 27.3. The van der Waals surface area contributed by atoms with Crippen LogP contribution in [0.25, 0.3) is 22.3 Å². The smallest absolute Gasteiger partial charge is 0.253 e. The molecule has 0 N–H and O–H groups in total. The van der Waals surface area contributed by atoms with Gasteiger partial charge in [0.15, 0.2) is 0 Å². The normalized spacial score (nSPS) is 19.0. The highest BCUT2D eigenvalue weighted by atomic mass is 15.3. The van der Waals surface area contributed by atoms with Gasteiger partial charge in [0.1, 0.15) is 0 Å². The topological polar surface area (TPSA) is 9.72 Å². The first kappa shape index (κ1) is 49.7. The minimum Gasteiger partial charge on any atom is -0.334 e. The molecule has 0 amide bonds. The van der Waals surface area contributed by atoms with Crippen LogP contribution in [0.2, 0.25) is 0 Å². The highest BCUT2D eigenvalue weighted by Gasteiger charge is 2.59. The number of rotatable bonds is 7. The number of anilines is 8. The van der Waals surface area contributed by atoms with E-state index in [4.69, 9.17) is 0 Å². The molecule has 4 heteroatoms. The van der Waals surface area contributed by atoms with Gasteiger partial charge in [-0.05, 0) is 157 Å². The van der Waals surface area contributed by atoms with Crippen molar-refractivity contribution in [1.82, 2.24) is 0 Å². The molecule has 81 heavy (non-hydrogen) atoms. The van der Waals surface area contributed by atoms with Gasteiger partial charge in [0.05, 0.1) is 16.6 Å². The Hall–Kier alpha value is -8.34. The van der Waals surface area contributed by atoms with E-state index in [0.29, 0.717) is 0 Å². The summed E-state index contributed by atoms with van der Waals surface area (Å²) < 4.78 is 0. The monoisotopic (exact) mass is 1050 g/mol. The van der Waals surface area contributed by atoms with Gasteiger partial charge in [-0.25, -0.2) is 0 Å². The molecule has 396 valence electrons. The second-order valence-electron chi connectivity index (χ2n) is 26.3. The first-order valence-electron chi connectivity index (χ1n) is 29.7. The number of hydrogen-bond acceptors (Lipinski definition) is 3. The van der Waals surface area contributed by atoms with Gasteiger partial charge in [-0.15, -0.1) is 0 Å². The van der Waals surface area contributed by atoms with E-state index in [1.165, 1.54) is 130 Å². The zero-order valence-electron chi connectivity index (χ0n) is 48.2. The Labute approximate surface area is 480 Å². The maximum Gasteiger partial charge on any atom is 0.253 e. The SMILES string of the molecule is CC(C)(C)c1ccc(-c2ccccc2N2c3cc(N4c5ccc(-c6ccccc6)cc5C5(C)CCCCC45C)cc4c3B3c5c(cccc5C(c5ccccc5)(c5ccccc5)c5cccc2c53)N4c2ccc(C(C)(C)C)cc2)cc1. The maximum atomic E-state index is 2.82. The predicted molar refractivity (Wildman–Crippen MR) is 343 cm³/mol. The third kappa shape index (κ3) is 7.08. The van der Waals surface area contributed by atoms with E-state index in [-0.39, 0.29) is 28.5 Å². The van der Waals surface area contributed by atoms with Crippen molar-refractivity contribution in [3.63, 3.8) is 0 Å². The molecule has 1 fully saturated rings. The third-order valence-corrected chi connectivity index (χ3v) is 20.0. The third-order valence-electron chi connectivity index (χ3n) is 20.0. The summed E-state index contributed by atoms with van der Waals surface area (Å²) >= 11 is 0. The molecule has 2 atom stereocenters. The first-order valence-corrected chi connectivity index (χ1v) is 29.7. The first-order chi connectivity index (χ1) is 39.2. The molecule has 0 spiro atoms. The average Bonchev–Trinajstić information content (AvgIpc) is 2.26. The fraction of sp³-hybridized carbons (Fsp3) is 0.221. The Morgan fingerprint density at radius 3 is 1.48 bits per heavy atom. The van der Waals surface area contributed by atoms with Crippen LogP contribution < -0.4 is 31.1 Å². The Bertz CT molecular complexity index is 4080. The van der Waals surface area contributed by atoms with Gasteiger partial charge >= 0.3 is 0 Å². The minimum absolute atomic E-state index is 0.00579. The Morgan fingerprint density at radius 2 is 0.877 bits per heavy atom. The molecule has 1 saturated carbocycles. The molecule has 3 nitrogen and oxygen atoms in total. The predicted octanol–water partition coefficient (Wildman–Crippen LogP) is 18.1. The van der Waals surface area contributed by atoms with Crippen molar-refractivity contribution in [3.05, 3.63) is 269 Å². The molecule has 0 saturated heterocycles. The van der Waals surface area contributed by atoms with E-state index in [9.17, 15) is 0 Å². The summed E-state index contributed by atoms with van der Waals surface area (Å²) in [6.07, 6.45) is 4.65. The Kier molecular flexibility index (Phi) is 10.9. The number of fused-ring (bicyclic) bond motifs is 3. The van der Waals surface area contributed by atoms with E-state index in [1.54, 1.807) is 0 Å². The summed E-state index contributed by atoms with van der Waals surface area (Å²) in [7, 11) is 0. The lowest BCUT2D eigenvalue weighted by Gasteiger charge is -2.53. The van der Waals surface area contributed by atoms with Gasteiger partial charge in [0.25, 0.3) is 6.71 Å². The molecule has 4 heterocycles. The lowest BCUT2D eigenvalue weighted by molar-refractivity contribution is 0.195. The van der Waals surface area contributed by atoms with Crippen LogP contribution in [0.4, 0.5) is 45.5 Å². The number of para-hydroxylation sites is 1. The van der Waals surface area contributed by atoms with Crippen molar-refractivity contribution >= 4 is 68.6 Å². The van der Waals surface area contributed by atoms with Crippen LogP contribution in [0.15, 0.2) is 231 Å². The quantitative estimate of drug-likeness (QED) is 0.147. The molecule has 0 radical (unpaired) electrons. The molecule has 0 bridgehead atoms. The van der Waals surface area contributed by atoms with E-state index < -0.39 is 5.41 Å². The van der Waals surface area contributed by atoms with Crippen LogP contribution in [-0.2, 0) is 21.7 Å². The molecule has 10 aromatic rings. The molecule has 10 aromatic carbocycles. The van der Waals surface area contributed by atoms with Crippen molar-refractivity contribution in [2.45, 2.75) is 108 Å². The lowest BCUT2D eigenvalue weighted by Crippen LogP contribution is -2.68. The van der Waals surface area contributed by atoms with Gasteiger partial charge in [-0.2, -0.15) is 0 Å². The fourth-order valence-corrected chi connectivity index (χ4v) is 15.8. The summed E-state index contributed by atoms with van der Waals surface area (Å²) in [5, 5.41) is 0. The molecular formula is C77H70BN3. The Balaban J connectivity index is 1.08. The highest BCUT2D eigenvalue weighted by molar-refractivity contribution is 7.01. The largest absolute Gasteiger partial charge is 0.334 e. The van der Waals surface area contributed by atoms with Crippen molar-refractivity contribution in [1.29, 1.82) is 0 Å². The molecule has 0 aromatic heterocycles. The van der Waals surface area contributed by atoms with Gasteiger partial charge in [0, 0.05) is 50.8 Å². The van der Waals surface area contributed by atoms with Crippen molar-refractivity contribution in [2.24, 2.45) is 0 Å². The molecule has 5 aliphatic rings.